The van der Waals surface area contributed by atoms with E-state index in [1.165, 1.54) is 0 Å². The summed E-state index contributed by atoms with van der Waals surface area (Å²) < 4.78 is 27.4. The Balaban J connectivity index is 2.12. The van der Waals surface area contributed by atoms with Crippen LogP contribution in [0.5, 0.6) is 5.75 Å². The summed E-state index contributed by atoms with van der Waals surface area (Å²) in [6.07, 6.45) is 0. The van der Waals surface area contributed by atoms with Crippen LogP contribution in [0.15, 0.2) is 35.8 Å². The Morgan fingerprint density at radius 2 is 1.50 bits per heavy atom. The molecule has 0 saturated heterocycles. The van der Waals surface area contributed by atoms with Crippen molar-refractivity contribution in [2.75, 3.05) is 0 Å². The van der Waals surface area contributed by atoms with E-state index < -0.39 is 7.82 Å². The second-order valence-corrected chi connectivity index (χ2v) is 5.09. The van der Waals surface area contributed by atoms with Gasteiger partial charge >= 0.3 is 7.82 Å². The highest BCUT2D eigenvalue weighted by Crippen LogP contribution is 2.57. The second-order valence-electron chi connectivity index (χ2n) is 3.65. The van der Waals surface area contributed by atoms with Crippen molar-refractivity contribution in [3.63, 3.8) is 0 Å². The highest BCUT2D eigenvalue weighted by Gasteiger charge is 2.39. The average molecular weight is 240 g/mol. The zero-order valence-corrected chi connectivity index (χ0v) is 10.3. The Morgan fingerprint density at radius 3 is 2.00 bits per heavy atom. The van der Waals surface area contributed by atoms with Gasteiger partial charge in [-0.3, -0.25) is 0 Å². The first kappa shape index (κ1) is 11.1. The van der Waals surface area contributed by atoms with Crippen LogP contribution in [0.2, 0.25) is 0 Å². The van der Waals surface area contributed by atoms with E-state index in [-0.39, 0.29) is 0 Å². The minimum Gasteiger partial charge on any atom is -0.387 e. The van der Waals surface area contributed by atoms with Crippen LogP contribution in [0.3, 0.4) is 0 Å². The molecule has 0 N–H and O–H groups in total. The van der Waals surface area contributed by atoms with Gasteiger partial charge in [0.1, 0.15) is 17.3 Å². The Morgan fingerprint density at radius 1 is 1.00 bits per heavy atom. The fraction of sp³-hybridized carbons (Fsp3) is 0.273. The molecule has 0 spiro atoms. The van der Waals surface area contributed by atoms with Gasteiger partial charge in [-0.2, -0.15) is 4.57 Å². The van der Waals surface area contributed by atoms with Gasteiger partial charge in [0.25, 0.3) is 0 Å². The van der Waals surface area contributed by atoms with Crippen molar-refractivity contribution < 1.29 is 18.1 Å². The van der Waals surface area contributed by atoms with E-state index >= 15 is 0 Å². The van der Waals surface area contributed by atoms with Crippen LogP contribution in [0.4, 0.5) is 0 Å². The van der Waals surface area contributed by atoms with Crippen LogP contribution in [0.1, 0.15) is 19.4 Å². The molecule has 0 aliphatic carbocycles. The lowest BCUT2D eigenvalue weighted by Crippen LogP contribution is -1.93. The molecule has 0 saturated carbocycles. The van der Waals surface area contributed by atoms with Crippen molar-refractivity contribution in [3.8, 4) is 5.75 Å². The lowest BCUT2D eigenvalue weighted by molar-refractivity contribution is 0.271. The van der Waals surface area contributed by atoms with Gasteiger partial charge in [0.2, 0.25) is 0 Å². The van der Waals surface area contributed by atoms with Gasteiger partial charge in [0, 0.05) is 0 Å². The molecular weight excluding hydrogens is 227 g/mol. The van der Waals surface area contributed by atoms with Crippen LogP contribution in [0, 0.1) is 6.92 Å². The quantitative estimate of drug-likeness (QED) is 0.738. The monoisotopic (exact) mass is 240 g/mol. The molecule has 5 heteroatoms. The number of hydrogen-bond acceptors (Lipinski definition) is 4. The molecule has 1 aliphatic rings. The van der Waals surface area contributed by atoms with Crippen molar-refractivity contribution in [1.82, 2.24) is 0 Å². The lowest BCUT2D eigenvalue weighted by Gasteiger charge is -2.11. The number of allylic oxidation sites excluding steroid dienone is 2. The Kier molecular flexibility index (Phi) is 2.68. The zero-order chi connectivity index (χ0) is 11.8. The summed E-state index contributed by atoms with van der Waals surface area (Å²) >= 11 is 0. The van der Waals surface area contributed by atoms with Gasteiger partial charge in [-0.15, -0.1) is 0 Å². The Hall–Kier alpha value is -1.41. The number of phosphoric ester groups is 1. The van der Waals surface area contributed by atoms with Crippen LogP contribution in [-0.2, 0) is 13.6 Å². The molecule has 86 valence electrons. The SMILES string of the molecule is CC1=C(C)OP(=O)(Oc2ccc(C)cc2)O1. The van der Waals surface area contributed by atoms with Gasteiger partial charge in [-0.1, -0.05) is 17.7 Å². The van der Waals surface area contributed by atoms with E-state index in [1.807, 2.05) is 19.1 Å². The lowest BCUT2D eigenvalue weighted by atomic mass is 10.2. The summed E-state index contributed by atoms with van der Waals surface area (Å²) in [6, 6.07) is 7.19. The first-order valence-corrected chi connectivity index (χ1v) is 6.37. The molecule has 0 bridgehead atoms. The van der Waals surface area contributed by atoms with E-state index in [0.29, 0.717) is 17.3 Å². The standard InChI is InChI=1S/C11H13O4P/c1-8-4-6-11(7-5-8)15-16(12)13-9(2)10(3)14-16/h4-7H,1-3H3. The molecule has 0 radical (unpaired) electrons. The molecule has 0 amide bonds. The predicted molar refractivity (Wildman–Crippen MR) is 60.0 cm³/mol. The summed E-state index contributed by atoms with van der Waals surface area (Å²) in [5.74, 6) is 1.46. The van der Waals surface area contributed by atoms with Gasteiger partial charge in [-0.25, -0.2) is 0 Å². The minimum absolute atomic E-state index is 0.469. The van der Waals surface area contributed by atoms with E-state index in [9.17, 15) is 4.57 Å². The fourth-order valence-corrected chi connectivity index (χ4v) is 2.67. The molecule has 16 heavy (non-hydrogen) atoms. The van der Waals surface area contributed by atoms with Gasteiger partial charge in [0.05, 0.1) is 0 Å². The van der Waals surface area contributed by atoms with Crippen molar-refractivity contribution in [2.45, 2.75) is 20.8 Å². The van der Waals surface area contributed by atoms with Crippen LogP contribution in [0.25, 0.3) is 0 Å². The highest BCUT2D eigenvalue weighted by atomic mass is 31.2. The first-order valence-electron chi connectivity index (χ1n) is 4.91. The Bertz CT molecular complexity index is 457. The maximum atomic E-state index is 12.0. The van der Waals surface area contributed by atoms with Crippen molar-refractivity contribution in [3.05, 3.63) is 41.3 Å². The molecule has 0 atom stereocenters. The molecule has 4 nitrogen and oxygen atoms in total. The minimum atomic E-state index is -3.49. The molecule has 1 aromatic carbocycles. The molecule has 0 unspecified atom stereocenters. The number of aryl methyl sites for hydroxylation is 1. The molecule has 1 aliphatic heterocycles. The summed E-state index contributed by atoms with van der Waals surface area (Å²) in [5.41, 5.74) is 1.10. The summed E-state index contributed by atoms with van der Waals surface area (Å²) in [5, 5.41) is 0. The van der Waals surface area contributed by atoms with Crippen LogP contribution in [-0.4, -0.2) is 0 Å². The average Bonchev–Trinajstić information content (AvgIpc) is 2.45. The third-order valence-electron chi connectivity index (χ3n) is 2.23. The predicted octanol–water partition coefficient (Wildman–Crippen LogP) is 3.78. The maximum Gasteiger partial charge on any atom is 0.646 e. The van der Waals surface area contributed by atoms with Crippen LogP contribution >= 0.6 is 7.82 Å². The first-order chi connectivity index (χ1) is 7.48. The van der Waals surface area contributed by atoms with Crippen molar-refractivity contribution >= 4 is 7.82 Å². The van der Waals surface area contributed by atoms with Gasteiger partial charge in [0.15, 0.2) is 0 Å². The maximum absolute atomic E-state index is 12.0. The van der Waals surface area contributed by atoms with Gasteiger partial charge < -0.3 is 13.6 Å². The summed E-state index contributed by atoms with van der Waals surface area (Å²) in [7, 11) is -3.49. The molecule has 0 fully saturated rings. The third kappa shape index (κ3) is 2.22. The highest BCUT2D eigenvalue weighted by molar-refractivity contribution is 7.49. The number of phosphoric acid groups is 1. The van der Waals surface area contributed by atoms with E-state index in [4.69, 9.17) is 13.6 Å². The van der Waals surface area contributed by atoms with Gasteiger partial charge in [-0.05, 0) is 32.9 Å². The van der Waals surface area contributed by atoms with Crippen LogP contribution < -0.4 is 4.52 Å². The molecule has 0 aromatic heterocycles. The van der Waals surface area contributed by atoms with E-state index in [2.05, 4.69) is 0 Å². The Labute approximate surface area is 94.5 Å². The number of benzene rings is 1. The van der Waals surface area contributed by atoms with E-state index in [0.717, 1.165) is 5.56 Å². The summed E-state index contributed by atoms with van der Waals surface area (Å²) in [4.78, 5) is 0. The topological polar surface area (TPSA) is 44.8 Å². The zero-order valence-electron chi connectivity index (χ0n) is 9.39. The van der Waals surface area contributed by atoms with Crippen molar-refractivity contribution in [1.29, 1.82) is 0 Å². The largest absolute Gasteiger partial charge is 0.646 e. The smallest absolute Gasteiger partial charge is 0.387 e. The molecule has 1 heterocycles. The molecule has 1 aromatic rings. The summed E-state index contributed by atoms with van der Waals surface area (Å²) in [6.45, 7) is 5.34. The third-order valence-corrected chi connectivity index (χ3v) is 3.66. The fourth-order valence-electron chi connectivity index (χ4n) is 1.25. The van der Waals surface area contributed by atoms with Crippen molar-refractivity contribution in [2.24, 2.45) is 0 Å². The molecular formula is C11H13O4P. The number of rotatable bonds is 2. The number of hydrogen-bond donors (Lipinski definition) is 0. The second kappa shape index (κ2) is 3.87. The van der Waals surface area contributed by atoms with E-state index in [1.54, 1.807) is 26.0 Å². The normalized spacial score (nSPS) is 17.9. The molecule has 2 rings (SSSR count).